The van der Waals surface area contributed by atoms with E-state index in [0.29, 0.717) is 37.4 Å². The van der Waals surface area contributed by atoms with Gasteiger partial charge in [-0.2, -0.15) is 10.4 Å². The second kappa shape index (κ2) is 10.5. The highest BCUT2D eigenvalue weighted by molar-refractivity contribution is 5.92. The molecular formula is C26H35F2N7O3. The van der Waals surface area contributed by atoms with Crippen molar-refractivity contribution < 1.29 is 23.2 Å². The van der Waals surface area contributed by atoms with Crippen LogP contribution in [0.15, 0.2) is 12.4 Å². The number of aromatic nitrogens is 2. The molecule has 3 saturated heterocycles. The van der Waals surface area contributed by atoms with Gasteiger partial charge in [0.05, 0.1) is 23.9 Å². The third-order valence-electron chi connectivity index (χ3n) is 8.46. The molecule has 0 unspecified atom stereocenters. The molecule has 3 amide bonds. The Hall–Kier alpha value is -3.23. The standard InChI is InChI=1S/C26H35F2N7O3/c1-34-14-18(13-31-34)32-21(9-15-4-5-15)25(38)35-19-6-7-20(26(27,28)11-19)22(35)24(37)33-17(12-29)10-16-3-2-8-30-23(16)36/h13-17,19-22,32H,2-11H2,1H3,(H,30,36)(H,33,37)/t16-,17-,19-,20-,21+,22+/m0/s1. The number of hydrogen-bond donors (Lipinski definition) is 3. The van der Waals surface area contributed by atoms with Crippen LogP contribution in [-0.2, 0) is 21.4 Å². The zero-order chi connectivity index (χ0) is 27.0. The van der Waals surface area contributed by atoms with Gasteiger partial charge in [-0.1, -0.05) is 12.8 Å². The second-order valence-corrected chi connectivity index (χ2v) is 11.3. The lowest BCUT2D eigenvalue weighted by molar-refractivity contribution is -0.194. The van der Waals surface area contributed by atoms with Gasteiger partial charge in [0, 0.05) is 38.2 Å². The first-order valence-electron chi connectivity index (χ1n) is 13.6. The SMILES string of the molecule is Cn1cc(N[C@H](CC2CC2)C(=O)N2[C@H]3CC[C@@H]([C@@H]2C(=O)N[C@H](C#N)C[C@@H]2CCCNC2=O)C(F)(F)C3)cn1. The molecule has 0 aromatic carbocycles. The average molecular weight is 532 g/mol. The number of rotatable bonds is 9. The van der Waals surface area contributed by atoms with Crippen LogP contribution < -0.4 is 16.0 Å². The van der Waals surface area contributed by atoms with Crippen molar-refractivity contribution in [3.63, 3.8) is 0 Å². The second-order valence-electron chi connectivity index (χ2n) is 11.3. The Labute approximate surface area is 220 Å². The topological polar surface area (TPSA) is 132 Å². The number of carbonyl (C=O) groups excluding carboxylic acids is 3. The molecule has 10 nitrogen and oxygen atoms in total. The molecule has 1 aromatic heterocycles. The summed E-state index contributed by atoms with van der Waals surface area (Å²) in [4.78, 5) is 41.1. The van der Waals surface area contributed by atoms with Crippen LogP contribution in [0.3, 0.4) is 0 Å². The number of aryl methyl sites for hydroxylation is 1. The average Bonchev–Trinajstić information content (AvgIpc) is 3.61. The van der Waals surface area contributed by atoms with Crippen molar-refractivity contribution >= 4 is 23.4 Å². The summed E-state index contributed by atoms with van der Waals surface area (Å²) in [7, 11) is 1.76. The van der Waals surface area contributed by atoms with Crippen molar-refractivity contribution in [3.05, 3.63) is 12.4 Å². The van der Waals surface area contributed by atoms with E-state index in [0.717, 1.165) is 19.3 Å². The van der Waals surface area contributed by atoms with Crippen molar-refractivity contribution in [2.45, 2.75) is 87.9 Å². The molecule has 6 rings (SSSR count). The van der Waals surface area contributed by atoms with Crippen LogP contribution in [0, 0.1) is 29.1 Å². The molecule has 206 valence electrons. The Morgan fingerprint density at radius 3 is 2.68 bits per heavy atom. The maximum absolute atomic E-state index is 15.1. The maximum Gasteiger partial charge on any atom is 0.255 e. The van der Waals surface area contributed by atoms with Crippen LogP contribution in [0.2, 0.25) is 0 Å². The Kier molecular flexibility index (Phi) is 7.29. The van der Waals surface area contributed by atoms with E-state index >= 15 is 8.78 Å². The fraction of sp³-hybridized carbons (Fsp3) is 0.731. The fourth-order valence-electron chi connectivity index (χ4n) is 6.36. The summed E-state index contributed by atoms with van der Waals surface area (Å²) in [6.45, 7) is 0.575. The van der Waals surface area contributed by atoms with Crippen molar-refractivity contribution in [2.75, 3.05) is 11.9 Å². The molecule has 2 saturated carbocycles. The number of anilines is 1. The summed E-state index contributed by atoms with van der Waals surface area (Å²) in [5, 5.41) is 22.5. The van der Waals surface area contributed by atoms with Crippen LogP contribution in [0.5, 0.6) is 0 Å². The van der Waals surface area contributed by atoms with E-state index in [9.17, 15) is 19.6 Å². The minimum Gasteiger partial charge on any atom is -0.371 e. The minimum atomic E-state index is -3.09. The Morgan fingerprint density at radius 1 is 1.26 bits per heavy atom. The number of piperidine rings is 3. The third-order valence-corrected chi connectivity index (χ3v) is 8.46. The number of fused-ring (bicyclic) bond motifs is 3. The summed E-state index contributed by atoms with van der Waals surface area (Å²) in [5.74, 6) is -5.76. The number of alkyl halides is 2. The lowest BCUT2D eigenvalue weighted by Crippen LogP contribution is -2.70. The van der Waals surface area contributed by atoms with Gasteiger partial charge in [-0.05, 0) is 44.4 Å². The van der Waals surface area contributed by atoms with E-state index in [4.69, 9.17) is 0 Å². The summed E-state index contributed by atoms with van der Waals surface area (Å²) in [5.41, 5.74) is 0.648. The van der Waals surface area contributed by atoms with Crippen molar-refractivity contribution in [3.8, 4) is 6.07 Å². The van der Waals surface area contributed by atoms with E-state index in [2.05, 4.69) is 21.0 Å². The molecule has 2 aliphatic carbocycles. The first-order valence-corrected chi connectivity index (χ1v) is 13.6. The molecule has 4 heterocycles. The largest absolute Gasteiger partial charge is 0.371 e. The Morgan fingerprint density at radius 2 is 2.05 bits per heavy atom. The van der Waals surface area contributed by atoms with Crippen LogP contribution in [0.1, 0.15) is 57.8 Å². The van der Waals surface area contributed by atoms with Gasteiger partial charge in [0.1, 0.15) is 18.1 Å². The van der Waals surface area contributed by atoms with Crippen LogP contribution in [-0.4, -0.2) is 69.0 Å². The zero-order valence-corrected chi connectivity index (χ0v) is 21.5. The molecule has 6 atom stereocenters. The summed E-state index contributed by atoms with van der Waals surface area (Å²) < 4.78 is 31.8. The predicted molar refractivity (Wildman–Crippen MR) is 133 cm³/mol. The molecule has 5 aliphatic rings. The Bertz CT molecular complexity index is 1110. The number of halogens is 2. The smallest absolute Gasteiger partial charge is 0.255 e. The van der Waals surface area contributed by atoms with E-state index in [1.54, 1.807) is 24.1 Å². The molecule has 3 N–H and O–H groups in total. The van der Waals surface area contributed by atoms with Crippen LogP contribution >= 0.6 is 0 Å². The van der Waals surface area contributed by atoms with Gasteiger partial charge < -0.3 is 20.9 Å². The van der Waals surface area contributed by atoms with Gasteiger partial charge in [-0.15, -0.1) is 0 Å². The predicted octanol–water partition coefficient (Wildman–Crippen LogP) is 1.94. The molecule has 1 aromatic rings. The zero-order valence-electron chi connectivity index (χ0n) is 21.5. The van der Waals surface area contributed by atoms with Gasteiger partial charge in [0.15, 0.2) is 0 Å². The minimum absolute atomic E-state index is 0.103. The maximum atomic E-state index is 15.1. The molecule has 0 spiro atoms. The van der Waals surface area contributed by atoms with Gasteiger partial charge >= 0.3 is 0 Å². The molecule has 2 bridgehead atoms. The number of nitrogens with one attached hydrogen (secondary N) is 3. The normalized spacial score (nSPS) is 29.6. The number of nitriles is 1. The van der Waals surface area contributed by atoms with E-state index in [1.807, 2.05) is 6.07 Å². The van der Waals surface area contributed by atoms with Gasteiger partial charge in [-0.3, -0.25) is 19.1 Å². The highest BCUT2D eigenvalue weighted by Gasteiger charge is 2.61. The lowest BCUT2D eigenvalue weighted by Gasteiger charge is -2.54. The molecule has 0 radical (unpaired) electrons. The number of nitrogens with zero attached hydrogens (tertiary/aromatic N) is 4. The fourth-order valence-corrected chi connectivity index (χ4v) is 6.36. The lowest BCUT2D eigenvalue weighted by atomic mass is 9.71. The van der Waals surface area contributed by atoms with Gasteiger partial charge in [0.25, 0.3) is 5.92 Å². The Balaban J connectivity index is 1.37. The van der Waals surface area contributed by atoms with Gasteiger partial charge in [-0.25, -0.2) is 8.78 Å². The van der Waals surface area contributed by atoms with Crippen LogP contribution in [0.4, 0.5) is 14.5 Å². The molecular weight excluding hydrogens is 496 g/mol. The summed E-state index contributed by atoms with van der Waals surface area (Å²) in [6.07, 6.45) is 7.44. The highest BCUT2D eigenvalue weighted by atomic mass is 19.3. The van der Waals surface area contributed by atoms with Crippen molar-refractivity contribution in [1.82, 2.24) is 25.3 Å². The molecule has 38 heavy (non-hydrogen) atoms. The summed E-state index contributed by atoms with van der Waals surface area (Å²) in [6, 6.07) is -1.81. The molecule has 5 fully saturated rings. The van der Waals surface area contributed by atoms with Crippen molar-refractivity contribution in [1.29, 1.82) is 5.26 Å². The van der Waals surface area contributed by atoms with E-state index in [1.165, 1.54) is 4.90 Å². The number of carbonyl (C=O) groups is 3. The van der Waals surface area contributed by atoms with Crippen molar-refractivity contribution in [2.24, 2.45) is 24.8 Å². The molecule has 12 heteroatoms. The quantitative estimate of drug-likeness (QED) is 0.446. The van der Waals surface area contributed by atoms with E-state index < -0.39 is 54.3 Å². The first kappa shape index (κ1) is 26.4. The van der Waals surface area contributed by atoms with E-state index in [-0.39, 0.29) is 24.7 Å². The van der Waals surface area contributed by atoms with Crippen LogP contribution in [0.25, 0.3) is 0 Å². The number of amides is 3. The molecule has 3 aliphatic heterocycles. The first-order chi connectivity index (χ1) is 18.2. The third kappa shape index (κ3) is 5.47. The monoisotopic (exact) mass is 531 g/mol. The highest BCUT2D eigenvalue weighted by Crippen LogP contribution is 2.49. The summed E-state index contributed by atoms with van der Waals surface area (Å²) >= 11 is 0. The number of hydrogen-bond acceptors (Lipinski definition) is 6. The van der Waals surface area contributed by atoms with Gasteiger partial charge in [0.2, 0.25) is 17.7 Å².